The molecule has 2 aromatic carbocycles. The average molecular weight is 335 g/mol. The van der Waals surface area contributed by atoms with E-state index in [1.807, 2.05) is 67.7 Å². The molecule has 1 amide bonds. The highest BCUT2D eigenvalue weighted by Gasteiger charge is 2.15. The van der Waals surface area contributed by atoms with Gasteiger partial charge in [0.15, 0.2) is 0 Å². The van der Waals surface area contributed by atoms with Crippen LogP contribution in [0.2, 0.25) is 0 Å². The predicted octanol–water partition coefficient (Wildman–Crippen LogP) is 2.95. The molecule has 2 rings (SSSR count). The molecule has 1 atom stereocenters. The predicted molar refractivity (Wildman–Crippen MR) is 95.1 cm³/mol. The van der Waals surface area contributed by atoms with Crippen LogP contribution in [-0.2, 0) is 4.79 Å². The molecule has 0 aliphatic carbocycles. The van der Waals surface area contributed by atoms with Crippen LogP contribution in [-0.4, -0.2) is 26.1 Å². The van der Waals surface area contributed by atoms with Crippen molar-refractivity contribution in [2.75, 3.05) is 20.2 Å². The van der Waals surface area contributed by atoms with E-state index in [-0.39, 0.29) is 24.4 Å². The van der Waals surface area contributed by atoms with Crippen LogP contribution in [0.4, 0.5) is 0 Å². The quantitative estimate of drug-likeness (QED) is 0.780. The number of carbonyl (C=O) groups is 1. The van der Waals surface area contributed by atoms with Gasteiger partial charge in [-0.05, 0) is 24.7 Å². The molecule has 124 valence electrons. The highest BCUT2D eigenvalue weighted by molar-refractivity contribution is 5.85. The molecule has 0 bridgehead atoms. The Morgan fingerprint density at radius 3 is 2.26 bits per heavy atom. The number of para-hydroxylation sites is 1. The fourth-order valence-corrected chi connectivity index (χ4v) is 2.11. The Balaban J connectivity index is 0.00000264. The minimum atomic E-state index is -0.161. The summed E-state index contributed by atoms with van der Waals surface area (Å²) in [7, 11) is 1.83. The van der Waals surface area contributed by atoms with Gasteiger partial charge in [0.2, 0.25) is 5.91 Å². The number of carbonyl (C=O) groups excluding carboxylic acids is 1. The van der Waals surface area contributed by atoms with Crippen molar-refractivity contribution >= 4 is 18.3 Å². The van der Waals surface area contributed by atoms with Crippen molar-refractivity contribution in [2.24, 2.45) is 0 Å². The van der Waals surface area contributed by atoms with Gasteiger partial charge in [-0.2, -0.15) is 0 Å². The molecule has 0 aliphatic heterocycles. The van der Waals surface area contributed by atoms with E-state index in [9.17, 15) is 4.79 Å². The Morgan fingerprint density at radius 1 is 1.04 bits per heavy atom. The largest absolute Gasteiger partial charge is 0.491 e. The molecule has 0 saturated carbocycles. The summed E-state index contributed by atoms with van der Waals surface area (Å²) in [6.07, 6.45) is 0.450. The number of nitrogens with one attached hydrogen (secondary N) is 2. The fraction of sp³-hybridized carbons (Fsp3) is 0.278. The smallest absolute Gasteiger partial charge is 0.221 e. The summed E-state index contributed by atoms with van der Waals surface area (Å²) in [6, 6.07) is 19.3. The first-order valence-electron chi connectivity index (χ1n) is 7.46. The molecule has 23 heavy (non-hydrogen) atoms. The van der Waals surface area contributed by atoms with E-state index in [2.05, 4.69) is 10.6 Å². The fourth-order valence-electron chi connectivity index (χ4n) is 2.11. The van der Waals surface area contributed by atoms with Crippen molar-refractivity contribution in [1.82, 2.24) is 10.6 Å². The van der Waals surface area contributed by atoms with Gasteiger partial charge in [-0.15, -0.1) is 12.4 Å². The van der Waals surface area contributed by atoms with Gasteiger partial charge in [0.05, 0.1) is 6.04 Å². The number of benzene rings is 2. The van der Waals surface area contributed by atoms with Crippen LogP contribution in [0.1, 0.15) is 18.0 Å². The Labute approximate surface area is 143 Å². The van der Waals surface area contributed by atoms with Crippen molar-refractivity contribution in [3.05, 3.63) is 66.2 Å². The second kappa shape index (κ2) is 10.6. The minimum absolute atomic E-state index is 0. The highest BCUT2D eigenvalue weighted by atomic mass is 35.5. The topological polar surface area (TPSA) is 50.4 Å². The Kier molecular flexibility index (Phi) is 8.80. The van der Waals surface area contributed by atoms with Crippen molar-refractivity contribution in [3.8, 4) is 5.75 Å². The maximum absolute atomic E-state index is 12.0. The van der Waals surface area contributed by atoms with E-state index in [4.69, 9.17) is 4.74 Å². The van der Waals surface area contributed by atoms with Crippen molar-refractivity contribution in [2.45, 2.75) is 12.5 Å². The number of hydrogen-bond acceptors (Lipinski definition) is 3. The summed E-state index contributed by atoms with van der Waals surface area (Å²) >= 11 is 0. The molecule has 2 N–H and O–H groups in total. The molecule has 0 aliphatic rings. The monoisotopic (exact) mass is 334 g/mol. The first kappa shape index (κ1) is 19.0. The van der Waals surface area contributed by atoms with Crippen molar-refractivity contribution in [1.29, 1.82) is 0 Å². The van der Waals surface area contributed by atoms with Crippen LogP contribution in [0.15, 0.2) is 60.7 Å². The zero-order chi connectivity index (χ0) is 15.6. The van der Waals surface area contributed by atoms with Gasteiger partial charge in [-0.1, -0.05) is 48.5 Å². The summed E-state index contributed by atoms with van der Waals surface area (Å²) < 4.78 is 5.80. The number of ether oxygens (including phenoxy) is 1. The van der Waals surface area contributed by atoms with Crippen LogP contribution in [0.5, 0.6) is 5.75 Å². The molecule has 0 radical (unpaired) electrons. The lowest BCUT2D eigenvalue weighted by Gasteiger charge is -2.20. The lowest BCUT2D eigenvalue weighted by atomic mass is 10.1. The van der Waals surface area contributed by atoms with Crippen LogP contribution in [0.3, 0.4) is 0 Å². The number of halogens is 1. The number of hydrogen-bond donors (Lipinski definition) is 2. The van der Waals surface area contributed by atoms with Crippen molar-refractivity contribution < 1.29 is 9.53 Å². The van der Waals surface area contributed by atoms with Gasteiger partial charge < -0.3 is 15.4 Å². The van der Waals surface area contributed by atoms with E-state index in [1.165, 1.54) is 0 Å². The van der Waals surface area contributed by atoms with E-state index in [1.54, 1.807) is 0 Å². The molecule has 0 saturated heterocycles. The van der Waals surface area contributed by atoms with Gasteiger partial charge in [-0.3, -0.25) is 4.79 Å². The summed E-state index contributed by atoms with van der Waals surface area (Å²) in [5.41, 5.74) is 1.04. The van der Waals surface area contributed by atoms with Gasteiger partial charge >= 0.3 is 0 Å². The number of rotatable bonds is 8. The average Bonchev–Trinajstić information content (AvgIpc) is 2.58. The van der Waals surface area contributed by atoms with Crippen LogP contribution >= 0.6 is 12.4 Å². The van der Waals surface area contributed by atoms with E-state index in [0.29, 0.717) is 19.6 Å². The second-order valence-corrected chi connectivity index (χ2v) is 5.01. The van der Waals surface area contributed by atoms with Gasteiger partial charge in [0, 0.05) is 13.0 Å². The summed E-state index contributed by atoms with van der Waals surface area (Å²) in [6.45, 7) is 1.06. The molecule has 0 spiro atoms. The standard InChI is InChI=1S/C18H22N2O2.ClH/c1-19-13-12-18(21)20-17(15-8-4-2-5-9-15)14-22-16-10-6-3-7-11-16;/h2-11,17,19H,12-14H2,1H3,(H,20,21);1H. The summed E-state index contributed by atoms with van der Waals surface area (Å²) in [5.74, 6) is 0.813. The lowest BCUT2D eigenvalue weighted by molar-refractivity contribution is -0.122. The zero-order valence-corrected chi connectivity index (χ0v) is 14.0. The molecule has 0 fully saturated rings. The SMILES string of the molecule is CNCCC(=O)NC(COc1ccccc1)c1ccccc1.Cl. The molecular weight excluding hydrogens is 312 g/mol. The maximum atomic E-state index is 12.0. The van der Waals surface area contributed by atoms with E-state index in [0.717, 1.165) is 11.3 Å². The third kappa shape index (κ3) is 6.72. The molecule has 0 heterocycles. The third-order valence-electron chi connectivity index (χ3n) is 3.30. The third-order valence-corrected chi connectivity index (χ3v) is 3.30. The van der Waals surface area contributed by atoms with Gasteiger partial charge in [-0.25, -0.2) is 0 Å². The second-order valence-electron chi connectivity index (χ2n) is 5.01. The van der Waals surface area contributed by atoms with Crippen molar-refractivity contribution in [3.63, 3.8) is 0 Å². The van der Waals surface area contributed by atoms with Gasteiger partial charge in [0.1, 0.15) is 12.4 Å². The Bertz CT molecular complexity index is 564. The molecule has 0 aromatic heterocycles. The molecule has 1 unspecified atom stereocenters. The van der Waals surface area contributed by atoms with E-state index < -0.39 is 0 Å². The molecule has 2 aromatic rings. The van der Waals surface area contributed by atoms with Crippen LogP contribution in [0.25, 0.3) is 0 Å². The highest BCUT2D eigenvalue weighted by Crippen LogP contribution is 2.16. The molecule has 4 nitrogen and oxygen atoms in total. The summed E-state index contributed by atoms with van der Waals surface area (Å²) in [5, 5.41) is 6.01. The van der Waals surface area contributed by atoms with E-state index >= 15 is 0 Å². The Hall–Kier alpha value is -2.04. The van der Waals surface area contributed by atoms with Crippen LogP contribution in [0, 0.1) is 0 Å². The van der Waals surface area contributed by atoms with Crippen LogP contribution < -0.4 is 15.4 Å². The number of amides is 1. The molecule has 5 heteroatoms. The first-order chi connectivity index (χ1) is 10.8. The maximum Gasteiger partial charge on any atom is 0.221 e. The normalized spacial score (nSPS) is 11.2. The Morgan fingerprint density at radius 2 is 1.65 bits per heavy atom. The lowest BCUT2D eigenvalue weighted by Crippen LogP contribution is -2.33. The summed E-state index contributed by atoms with van der Waals surface area (Å²) in [4.78, 5) is 12.0. The van der Waals surface area contributed by atoms with Gasteiger partial charge in [0.25, 0.3) is 0 Å². The first-order valence-corrected chi connectivity index (χ1v) is 7.46. The minimum Gasteiger partial charge on any atom is -0.491 e. The molecular formula is C18H23ClN2O2. The zero-order valence-electron chi connectivity index (χ0n) is 13.2.